The average Bonchev–Trinajstić information content (AvgIpc) is 3.25. The quantitative estimate of drug-likeness (QED) is 0.369. The number of hydrogen-bond donors (Lipinski definition) is 1. The lowest BCUT2D eigenvalue weighted by atomic mass is 10.1. The van der Waals surface area contributed by atoms with Crippen LogP contribution in [0.3, 0.4) is 0 Å². The Balaban J connectivity index is 1.62. The molecule has 0 unspecified atom stereocenters. The molecule has 1 amide bonds. The summed E-state index contributed by atoms with van der Waals surface area (Å²) in [6, 6.07) is 25.3. The van der Waals surface area contributed by atoms with Gasteiger partial charge in [-0.2, -0.15) is 0 Å². The van der Waals surface area contributed by atoms with Crippen LogP contribution in [0.2, 0.25) is 0 Å². The number of para-hydroxylation sites is 1. The van der Waals surface area contributed by atoms with E-state index in [1.165, 1.54) is 16.9 Å². The summed E-state index contributed by atoms with van der Waals surface area (Å²) < 4.78 is 10.6. The predicted molar refractivity (Wildman–Crippen MR) is 129 cm³/mol. The van der Waals surface area contributed by atoms with E-state index in [2.05, 4.69) is 17.4 Å². The number of hydrogen-bond acceptors (Lipinski definition) is 5. The molecule has 0 aliphatic heterocycles. The van der Waals surface area contributed by atoms with Crippen LogP contribution in [-0.2, 0) is 12.8 Å². The minimum absolute atomic E-state index is 0.243. The molecule has 0 aliphatic carbocycles. The monoisotopic (exact) mass is 444 g/mol. The second kappa shape index (κ2) is 10.1. The molecule has 6 heteroatoms. The zero-order valence-corrected chi connectivity index (χ0v) is 18.8. The number of thiazole rings is 1. The number of nitrogens with one attached hydrogen (secondary N) is 1. The van der Waals surface area contributed by atoms with Crippen molar-refractivity contribution in [2.45, 2.75) is 12.8 Å². The largest absolute Gasteiger partial charge is 0.497 e. The number of aryl methyl sites for hydroxylation is 2. The lowest BCUT2D eigenvalue weighted by Crippen LogP contribution is -2.12. The Morgan fingerprint density at radius 3 is 2.31 bits per heavy atom. The Labute approximate surface area is 191 Å². The van der Waals surface area contributed by atoms with Gasteiger partial charge < -0.3 is 9.47 Å². The van der Waals surface area contributed by atoms with Crippen LogP contribution in [0.1, 0.15) is 20.8 Å². The minimum Gasteiger partial charge on any atom is -0.497 e. The van der Waals surface area contributed by atoms with Crippen molar-refractivity contribution in [3.8, 4) is 22.8 Å². The van der Waals surface area contributed by atoms with Crippen molar-refractivity contribution in [3.05, 3.63) is 94.9 Å². The number of carbonyl (C=O) groups excluding carboxylic acids is 1. The van der Waals surface area contributed by atoms with Crippen molar-refractivity contribution < 1.29 is 14.3 Å². The van der Waals surface area contributed by atoms with Gasteiger partial charge in [0.25, 0.3) is 5.91 Å². The number of nitrogens with zero attached hydrogens (tertiary/aromatic N) is 1. The molecule has 0 atom stereocenters. The highest BCUT2D eigenvalue weighted by atomic mass is 32.1. The van der Waals surface area contributed by atoms with Gasteiger partial charge in [-0.1, -0.05) is 42.5 Å². The van der Waals surface area contributed by atoms with E-state index >= 15 is 0 Å². The lowest BCUT2D eigenvalue weighted by Gasteiger charge is -2.07. The minimum atomic E-state index is -0.243. The van der Waals surface area contributed by atoms with Gasteiger partial charge in [0.05, 0.1) is 25.5 Å². The van der Waals surface area contributed by atoms with Crippen LogP contribution < -0.4 is 14.8 Å². The summed E-state index contributed by atoms with van der Waals surface area (Å²) in [5.74, 6) is 1.08. The Kier molecular flexibility index (Phi) is 6.82. The molecule has 1 heterocycles. The van der Waals surface area contributed by atoms with E-state index in [9.17, 15) is 4.79 Å². The van der Waals surface area contributed by atoms with Crippen molar-refractivity contribution in [2.24, 2.45) is 0 Å². The van der Waals surface area contributed by atoms with Gasteiger partial charge in [-0.05, 0) is 54.8 Å². The summed E-state index contributed by atoms with van der Waals surface area (Å²) in [5.41, 5.74) is 3.61. The number of anilines is 1. The molecule has 0 saturated carbocycles. The fourth-order valence-corrected chi connectivity index (χ4v) is 4.43. The number of rotatable bonds is 8. The topological polar surface area (TPSA) is 60.5 Å². The summed E-state index contributed by atoms with van der Waals surface area (Å²) in [7, 11) is 3.20. The smallest absolute Gasteiger partial charge is 0.261 e. The van der Waals surface area contributed by atoms with Crippen LogP contribution in [-0.4, -0.2) is 25.1 Å². The van der Waals surface area contributed by atoms with Crippen molar-refractivity contribution in [1.82, 2.24) is 4.98 Å². The summed E-state index contributed by atoms with van der Waals surface area (Å²) in [6.45, 7) is 0. The van der Waals surface area contributed by atoms with Gasteiger partial charge >= 0.3 is 0 Å². The van der Waals surface area contributed by atoms with Crippen LogP contribution >= 0.6 is 11.3 Å². The molecular formula is C26H24N2O3S. The Bertz CT molecular complexity index is 1190. The van der Waals surface area contributed by atoms with E-state index in [1.807, 2.05) is 54.6 Å². The van der Waals surface area contributed by atoms with E-state index in [0.717, 1.165) is 34.7 Å². The Hall–Kier alpha value is -3.64. The van der Waals surface area contributed by atoms with Crippen molar-refractivity contribution >= 4 is 22.4 Å². The molecule has 3 aromatic carbocycles. The Morgan fingerprint density at radius 2 is 1.59 bits per heavy atom. The summed E-state index contributed by atoms with van der Waals surface area (Å²) in [4.78, 5) is 18.8. The number of amides is 1. The molecular weight excluding hydrogens is 420 g/mol. The first-order valence-corrected chi connectivity index (χ1v) is 11.1. The highest BCUT2D eigenvalue weighted by molar-refractivity contribution is 7.16. The van der Waals surface area contributed by atoms with Crippen molar-refractivity contribution in [1.29, 1.82) is 0 Å². The summed E-state index contributed by atoms with van der Waals surface area (Å²) >= 11 is 1.50. The first-order valence-electron chi connectivity index (χ1n) is 10.3. The third kappa shape index (κ3) is 4.98. The third-order valence-electron chi connectivity index (χ3n) is 5.12. The predicted octanol–water partition coefficient (Wildman–Crippen LogP) is 5.86. The maximum atomic E-state index is 12.9. The number of methoxy groups -OCH3 is 2. The van der Waals surface area contributed by atoms with Gasteiger partial charge in [0.15, 0.2) is 5.13 Å². The van der Waals surface area contributed by atoms with E-state index in [4.69, 9.17) is 14.5 Å². The molecule has 4 aromatic rings. The van der Waals surface area contributed by atoms with Gasteiger partial charge in [0.2, 0.25) is 0 Å². The van der Waals surface area contributed by atoms with Gasteiger partial charge in [-0.25, -0.2) is 4.98 Å². The fraction of sp³-hybridized carbons (Fsp3) is 0.154. The van der Waals surface area contributed by atoms with Gasteiger partial charge in [0.1, 0.15) is 11.5 Å². The molecule has 1 N–H and O–H groups in total. The fourth-order valence-electron chi connectivity index (χ4n) is 3.45. The van der Waals surface area contributed by atoms with Crippen LogP contribution in [0.15, 0.2) is 78.9 Å². The van der Waals surface area contributed by atoms with E-state index in [-0.39, 0.29) is 5.91 Å². The maximum Gasteiger partial charge on any atom is 0.261 e. The van der Waals surface area contributed by atoms with E-state index < -0.39 is 0 Å². The first kappa shape index (κ1) is 21.6. The molecule has 162 valence electrons. The van der Waals surface area contributed by atoms with E-state index in [0.29, 0.717) is 16.4 Å². The SMILES string of the molecule is COc1ccc(-c2nc(NC(=O)c3ccccc3OC)sc2CCc2ccccc2)cc1. The Morgan fingerprint density at radius 1 is 0.875 bits per heavy atom. The van der Waals surface area contributed by atoms with E-state index in [1.54, 1.807) is 26.4 Å². The van der Waals surface area contributed by atoms with Gasteiger partial charge in [-0.15, -0.1) is 11.3 Å². The molecule has 32 heavy (non-hydrogen) atoms. The molecule has 0 fully saturated rings. The van der Waals surface area contributed by atoms with Crippen molar-refractivity contribution in [3.63, 3.8) is 0 Å². The first-order chi connectivity index (χ1) is 15.7. The normalized spacial score (nSPS) is 10.6. The summed E-state index contributed by atoms with van der Waals surface area (Å²) in [5, 5.41) is 3.51. The van der Waals surface area contributed by atoms with Crippen LogP contribution in [0, 0.1) is 0 Å². The molecule has 1 aromatic heterocycles. The molecule has 0 saturated heterocycles. The molecule has 4 rings (SSSR count). The molecule has 0 radical (unpaired) electrons. The van der Waals surface area contributed by atoms with Gasteiger partial charge in [0, 0.05) is 10.4 Å². The standard InChI is InChI=1S/C26H24N2O3S/c1-30-20-15-13-19(14-16-20)24-23(17-12-18-8-4-3-5-9-18)32-26(27-24)28-25(29)21-10-6-7-11-22(21)31-2/h3-11,13-16H,12,17H2,1-2H3,(H,27,28,29). The number of carbonyl (C=O) groups is 1. The zero-order chi connectivity index (χ0) is 22.3. The highest BCUT2D eigenvalue weighted by Gasteiger charge is 2.17. The molecule has 0 bridgehead atoms. The second-order valence-electron chi connectivity index (χ2n) is 7.16. The number of aromatic nitrogens is 1. The van der Waals surface area contributed by atoms with Gasteiger partial charge in [-0.3, -0.25) is 10.1 Å². The van der Waals surface area contributed by atoms with Crippen molar-refractivity contribution in [2.75, 3.05) is 19.5 Å². The molecule has 5 nitrogen and oxygen atoms in total. The average molecular weight is 445 g/mol. The summed E-state index contributed by atoms with van der Waals surface area (Å²) in [6.07, 6.45) is 1.72. The highest BCUT2D eigenvalue weighted by Crippen LogP contribution is 2.33. The number of benzene rings is 3. The van der Waals surface area contributed by atoms with Crippen LogP contribution in [0.5, 0.6) is 11.5 Å². The molecule has 0 spiro atoms. The lowest BCUT2D eigenvalue weighted by molar-refractivity contribution is 0.102. The third-order valence-corrected chi connectivity index (χ3v) is 6.15. The molecule has 0 aliphatic rings. The maximum absolute atomic E-state index is 12.9. The van der Waals surface area contributed by atoms with Crippen LogP contribution in [0.25, 0.3) is 11.3 Å². The second-order valence-corrected chi connectivity index (χ2v) is 8.24. The zero-order valence-electron chi connectivity index (χ0n) is 18.0. The van der Waals surface area contributed by atoms with Crippen LogP contribution in [0.4, 0.5) is 5.13 Å². The number of ether oxygens (including phenoxy) is 2.